The van der Waals surface area contributed by atoms with E-state index < -0.39 is 0 Å². The maximum atomic E-state index is 7.43. The smallest absolute Gasteiger partial charge is 0.251 e. The summed E-state index contributed by atoms with van der Waals surface area (Å²) in [5.74, 6) is 2.00. The van der Waals surface area contributed by atoms with Gasteiger partial charge in [0.2, 0.25) is 0 Å². The first kappa shape index (κ1) is 9.15. The van der Waals surface area contributed by atoms with Gasteiger partial charge in [-0.15, -0.1) is 0 Å². The van der Waals surface area contributed by atoms with Crippen LogP contribution in [0.4, 0.5) is 0 Å². The van der Waals surface area contributed by atoms with Gasteiger partial charge >= 0.3 is 68.9 Å². The van der Waals surface area contributed by atoms with E-state index in [2.05, 4.69) is 0 Å². The molecule has 0 spiro atoms. The van der Waals surface area contributed by atoms with Crippen molar-refractivity contribution in [2.75, 3.05) is 0 Å². The first-order chi connectivity index (χ1) is 1.41. The van der Waals surface area contributed by atoms with Crippen LogP contribution in [0.3, 0.4) is 0 Å². The molecule has 0 rings (SSSR count). The van der Waals surface area contributed by atoms with E-state index in [1.54, 1.807) is 0 Å². The number of nitrogens with zero attached hydrogens (tertiary/aromatic N) is 1. The molecule has 0 aliphatic heterocycles. The molecule has 0 radical (unpaired) electrons. The quantitative estimate of drug-likeness (QED) is 0.341. The van der Waals surface area contributed by atoms with E-state index in [-0.39, 0.29) is 76.7 Å². The summed E-state index contributed by atoms with van der Waals surface area (Å²) in [7, 11) is 0.0694. The van der Waals surface area contributed by atoms with Crippen molar-refractivity contribution >= 4 is 7.85 Å². The minimum Gasteiger partial charge on any atom is -0.251 e. The van der Waals surface area contributed by atoms with Crippen molar-refractivity contribution < 1.29 is 68.9 Å². The Hall–Kier alpha value is 1.61. The zero-order valence-electron chi connectivity index (χ0n) is 1.95. The van der Waals surface area contributed by atoms with E-state index >= 15 is 0 Å². The predicted octanol–water partition coefficient (Wildman–Crippen LogP) is -4.16. The average molecular weight is 173 g/mol. The van der Waals surface area contributed by atoms with Gasteiger partial charge in [-0.1, -0.05) is 0 Å². The second-order valence-electron chi connectivity index (χ2n) is 0. The summed E-state index contributed by atoms with van der Waals surface area (Å²) in [4.78, 5) is 0. The summed E-state index contributed by atoms with van der Waals surface area (Å²) in [6.45, 7) is 0. The van der Waals surface area contributed by atoms with Crippen molar-refractivity contribution in [3.05, 3.63) is 0 Å². The summed E-state index contributed by atoms with van der Waals surface area (Å²) in [5, 5.41) is 7.43. The molecule has 0 aromatic rings. The number of rotatable bonds is 0. The monoisotopic (exact) mass is 173 g/mol. The third-order valence-electron chi connectivity index (χ3n) is 0. The minimum absolute atomic E-state index is 0. The Morgan fingerprint density at radius 1 is 1.75 bits per heavy atom. The van der Waals surface area contributed by atoms with Crippen LogP contribution < -0.4 is 68.9 Å². The molecule has 1 nitrogen and oxygen atoms in total. The summed E-state index contributed by atoms with van der Waals surface area (Å²) >= 11 is 0. The predicted molar refractivity (Wildman–Crippen MR) is 15.6 cm³/mol. The topological polar surface area (TPSA) is 23.8 Å². The Labute approximate surface area is 85.6 Å². The molecule has 0 fully saturated rings. The molecule has 0 amide bonds. The summed E-state index contributed by atoms with van der Waals surface area (Å²) in [5.41, 5.74) is 0. The van der Waals surface area contributed by atoms with Crippen molar-refractivity contribution in [3.8, 4) is 5.97 Å². The fraction of sp³-hybridized carbons (Fsp3) is 0. The molecule has 0 aliphatic carbocycles. The molecule has 0 atom stereocenters. The van der Waals surface area contributed by atoms with Gasteiger partial charge in [0.05, 0.1) is 7.85 Å². The zero-order valence-corrected chi connectivity index (χ0v) is 8.23. The average Bonchev–Trinajstić information content (AvgIpc) is 0.918. The van der Waals surface area contributed by atoms with E-state index in [4.69, 9.17) is 5.26 Å². The van der Waals surface area contributed by atoms with Gasteiger partial charge in [0.25, 0.3) is 0 Å². The minimum atomic E-state index is 0. The summed E-state index contributed by atoms with van der Waals surface area (Å²) < 4.78 is 0. The second-order valence-corrected chi connectivity index (χ2v) is 0. The number of hydrogen-bond donors (Lipinski definition) is 0. The first-order valence-corrected chi connectivity index (χ1v) is 0.224. The summed E-state index contributed by atoms with van der Waals surface area (Å²) in [6, 6.07) is 0. The molecule has 4 heavy (non-hydrogen) atoms. The van der Waals surface area contributed by atoms with Crippen LogP contribution in [-0.4, -0.2) is 7.85 Å². The Bertz CT molecular complexity index is 29.5. The molecule has 16 valence electrons. The summed E-state index contributed by atoms with van der Waals surface area (Å²) in [6.07, 6.45) is 0. The molecule has 0 N–H and O–H groups in total. The van der Waals surface area contributed by atoms with E-state index in [9.17, 15) is 0 Å². The molecular formula is CH3BCsN. The zero-order chi connectivity index (χ0) is 2.71. The van der Waals surface area contributed by atoms with E-state index in [0.717, 1.165) is 0 Å². The van der Waals surface area contributed by atoms with Crippen molar-refractivity contribution in [3.63, 3.8) is 0 Å². The van der Waals surface area contributed by atoms with Crippen LogP contribution in [0.15, 0.2) is 0 Å². The molecule has 0 heterocycles. The van der Waals surface area contributed by atoms with Gasteiger partial charge < -0.3 is 0 Å². The van der Waals surface area contributed by atoms with Crippen LogP contribution in [0.25, 0.3) is 0 Å². The van der Waals surface area contributed by atoms with E-state index in [1.165, 1.54) is 0 Å². The van der Waals surface area contributed by atoms with Gasteiger partial charge in [-0.3, -0.25) is 5.26 Å². The normalized spacial score (nSPS) is 2.00. The van der Waals surface area contributed by atoms with E-state index in [1.807, 2.05) is 5.97 Å². The van der Waals surface area contributed by atoms with Gasteiger partial charge in [0.1, 0.15) is 0 Å². The van der Waals surface area contributed by atoms with Gasteiger partial charge in [-0.05, 0) is 0 Å². The molecule has 0 unspecified atom stereocenters. The maximum Gasteiger partial charge on any atom is 1.00 e. The Morgan fingerprint density at radius 3 is 1.75 bits per heavy atom. The van der Waals surface area contributed by atoms with Crippen LogP contribution in [-0.2, 0) is 0 Å². The van der Waals surface area contributed by atoms with Crippen molar-refractivity contribution in [2.24, 2.45) is 0 Å². The molecular weight excluding hydrogens is 170 g/mol. The van der Waals surface area contributed by atoms with Gasteiger partial charge in [-0.2, -0.15) is 5.97 Å². The van der Waals surface area contributed by atoms with Crippen LogP contribution in [0.1, 0.15) is 0 Å². The SMILES string of the molecule is [BH3-]C#N.[Cs+]. The third-order valence-corrected chi connectivity index (χ3v) is 0. The van der Waals surface area contributed by atoms with Crippen molar-refractivity contribution in [1.29, 1.82) is 5.26 Å². The number of nitriles is 1. The van der Waals surface area contributed by atoms with Crippen LogP contribution in [0, 0.1) is 11.2 Å². The standard InChI is InChI=1S/CH3BN.Cs/c2-1-3;/h2H3;/q-1;+1. The molecule has 0 bridgehead atoms. The van der Waals surface area contributed by atoms with E-state index in [0.29, 0.717) is 0 Å². The van der Waals surface area contributed by atoms with Crippen LogP contribution >= 0.6 is 0 Å². The molecule has 3 heteroatoms. The maximum absolute atomic E-state index is 7.43. The Morgan fingerprint density at radius 2 is 1.75 bits per heavy atom. The fourth-order valence-corrected chi connectivity index (χ4v) is 0. The molecule has 0 aromatic carbocycles. The van der Waals surface area contributed by atoms with Crippen molar-refractivity contribution in [2.45, 2.75) is 0 Å². The van der Waals surface area contributed by atoms with Gasteiger partial charge in [-0.25, -0.2) is 0 Å². The van der Waals surface area contributed by atoms with Crippen molar-refractivity contribution in [1.82, 2.24) is 0 Å². The number of hydrogen-bond acceptors (Lipinski definition) is 1. The second kappa shape index (κ2) is 8.82. The molecule has 0 saturated heterocycles. The third kappa shape index (κ3) is 9.49. The first-order valence-electron chi connectivity index (χ1n) is 0.224. The molecule has 0 aliphatic rings. The molecule has 0 aromatic heterocycles. The largest absolute Gasteiger partial charge is 1.00 e. The van der Waals surface area contributed by atoms with Gasteiger partial charge in [0.15, 0.2) is 0 Å². The fourth-order valence-electron chi connectivity index (χ4n) is 0. The van der Waals surface area contributed by atoms with Gasteiger partial charge in [0, 0.05) is 0 Å². The van der Waals surface area contributed by atoms with Crippen LogP contribution in [0.2, 0.25) is 0 Å². The molecule has 0 saturated carbocycles. The Kier molecular flexibility index (Phi) is 20.2. The van der Waals surface area contributed by atoms with Crippen LogP contribution in [0.5, 0.6) is 0 Å². The Balaban J connectivity index is 0.